The fourth-order valence-electron chi connectivity index (χ4n) is 2.11. The maximum Gasteiger partial charge on any atom is 0.261 e. The molecule has 1 fully saturated rings. The Morgan fingerprint density at radius 2 is 2.15 bits per heavy atom. The van der Waals surface area contributed by atoms with Gasteiger partial charge in [0.2, 0.25) is 5.91 Å². The van der Waals surface area contributed by atoms with Gasteiger partial charge in [-0.3, -0.25) is 9.59 Å². The van der Waals surface area contributed by atoms with Crippen LogP contribution in [0, 0.1) is 0 Å². The zero-order valence-corrected chi connectivity index (χ0v) is 12.2. The summed E-state index contributed by atoms with van der Waals surface area (Å²) in [4.78, 5) is 25.7. The van der Waals surface area contributed by atoms with Crippen molar-refractivity contribution in [3.63, 3.8) is 0 Å². The number of nitrogens with one attached hydrogen (secondary N) is 2. The SMILES string of the molecule is NC(=O)c1csc(C(=O)NCCCN2CCNCC2)c1. The molecule has 1 aliphatic rings. The predicted molar refractivity (Wildman–Crippen MR) is 79.1 cm³/mol. The monoisotopic (exact) mass is 296 g/mol. The summed E-state index contributed by atoms with van der Waals surface area (Å²) in [6, 6.07) is 1.54. The minimum Gasteiger partial charge on any atom is -0.366 e. The van der Waals surface area contributed by atoms with Crippen molar-refractivity contribution in [3.8, 4) is 0 Å². The number of carbonyl (C=O) groups is 2. The number of thiophene rings is 1. The van der Waals surface area contributed by atoms with Gasteiger partial charge in [0, 0.05) is 38.1 Å². The molecular weight excluding hydrogens is 276 g/mol. The van der Waals surface area contributed by atoms with E-state index in [2.05, 4.69) is 15.5 Å². The fourth-order valence-corrected chi connectivity index (χ4v) is 2.92. The fraction of sp³-hybridized carbons (Fsp3) is 0.538. The van der Waals surface area contributed by atoms with E-state index in [4.69, 9.17) is 5.73 Å². The molecule has 0 aliphatic carbocycles. The normalized spacial score (nSPS) is 16.0. The van der Waals surface area contributed by atoms with Crippen LogP contribution in [0.15, 0.2) is 11.4 Å². The number of amides is 2. The van der Waals surface area contributed by atoms with Crippen molar-refractivity contribution in [1.29, 1.82) is 0 Å². The van der Waals surface area contributed by atoms with Crippen LogP contribution in [-0.4, -0.2) is 56.0 Å². The summed E-state index contributed by atoms with van der Waals surface area (Å²) >= 11 is 1.24. The number of primary amides is 1. The zero-order valence-electron chi connectivity index (χ0n) is 11.4. The molecule has 0 saturated carbocycles. The first-order valence-electron chi connectivity index (χ1n) is 6.76. The van der Waals surface area contributed by atoms with Crippen LogP contribution in [0.3, 0.4) is 0 Å². The molecule has 1 saturated heterocycles. The highest BCUT2D eigenvalue weighted by atomic mass is 32.1. The summed E-state index contributed by atoms with van der Waals surface area (Å²) in [7, 11) is 0. The summed E-state index contributed by atoms with van der Waals surface area (Å²) < 4.78 is 0. The van der Waals surface area contributed by atoms with Crippen LogP contribution in [0.5, 0.6) is 0 Å². The van der Waals surface area contributed by atoms with Gasteiger partial charge < -0.3 is 21.3 Å². The van der Waals surface area contributed by atoms with Gasteiger partial charge in [-0.25, -0.2) is 0 Å². The number of piperazine rings is 1. The lowest BCUT2D eigenvalue weighted by Crippen LogP contribution is -2.44. The molecule has 7 heteroatoms. The summed E-state index contributed by atoms with van der Waals surface area (Å²) in [5.41, 5.74) is 5.55. The predicted octanol–water partition coefficient (Wildman–Crippen LogP) is -0.128. The molecule has 0 unspecified atom stereocenters. The van der Waals surface area contributed by atoms with E-state index in [1.807, 2.05) is 0 Å². The van der Waals surface area contributed by atoms with E-state index in [1.54, 1.807) is 11.4 Å². The molecule has 2 heterocycles. The third kappa shape index (κ3) is 4.29. The summed E-state index contributed by atoms with van der Waals surface area (Å²) in [5.74, 6) is -0.637. The van der Waals surface area contributed by atoms with Gasteiger partial charge in [0.05, 0.1) is 10.4 Å². The average Bonchev–Trinajstić information content (AvgIpc) is 2.94. The first-order valence-corrected chi connectivity index (χ1v) is 7.64. The maximum atomic E-state index is 11.9. The minimum atomic E-state index is -0.501. The molecule has 0 atom stereocenters. The van der Waals surface area contributed by atoms with Crippen molar-refractivity contribution in [2.45, 2.75) is 6.42 Å². The van der Waals surface area contributed by atoms with Gasteiger partial charge in [0.25, 0.3) is 5.91 Å². The molecule has 2 rings (SSSR count). The molecule has 1 aliphatic heterocycles. The van der Waals surface area contributed by atoms with Gasteiger partial charge in [0.15, 0.2) is 0 Å². The zero-order chi connectivity index (χ0) is 14.4. The smallest absolute Gasteiger partial charge is 0.261 e. The summed E-state index contributed by atoms with van der Waals surface area (Å²) in [6.45, 7) is 5.86. The number of rotatable bonds is 6. The van der Waals surface area contributed by atoms with Crippen LogP contribution in [-0.2, 0) is 0 Å². The first-order chi connectivity index (χ1) is 9.66. The molecule has 0 spiro atoms. The Kier molecular flexibility index (Phi) is 5.51. The molecule has 0 bridgehead atoms. The van der Waals surface area contributed by atoms with Crippen molar-refractivity contribution >= 4 is 23.2 Å². The maximum absolute atomic E-state index is 11.9. The first kappa shape index (κ1) is 15.0. The molecule has 2 amide bonds. The van der Waals surface area contributed by atoms with Crippen LogP contribution in [0.1, 0.15) is 26.5 Å². The molecular formula is C13H20N4O2S. The molecule has 110 valence electrons. The number of hydrogen-bond donors (Lipinski definition) is 3. The van der Waals surface area contributed by atoms with E-state index in [9.17, 15) is 9.59 Å². The van der Waals surface area contributed by atoms with Crippen LogP contribution in [0.25, 0.3) is 0 Å². The molecule has 0 radical (unpaired) electrons. The quantitative estimate of drug-likeness (QED) is 0.638. The lowest BCUT2D eigenvalue weighted by atomic mass is 10.3. The Balaban J connectivity index is 1.67. The van der Waals surface area contributed by atoms with Crippen molar-refractivity contribution in [1.82, 2.24) is 15.5 Å². The lowest BCUT2D eigenvalue weighted by Gasteiger charge is -2.27. The van der Waals surface area contributed by atoms with Gasteiger partial charge in [-0.15, -0.1) is 11.3 Å². The second-order valence-corrected chi connectivity index (χ2v) is 5.68. The summed E-state index contributed by atoms with van der Waals surface area (Å²) in [5, 5.41) is 7.79. The van der Waals surface area contributed by atoms with E-state index in [-0.39, 0.29) is 5.91 Å². The average molecular weight is 296 g/mol. The number of nitrogens with two attached hydrogens (primary N) is 1. The van der Waals surface area contributed by atoms with Crippen LogP contribution in [0.2, 0.25) is 0 Å². The Hall–Kier alpha value is -1.44. The van der Waals surface area contributed by atoms with Crippen molar-refractivity contribution in [2.75, 3.05) is 39.3 Å². The second kappa shape index (κ2) is 7.37. The second-order valence-electron chi connectivity index (χ2n) is 4.76. The van der Waals surface area contributed by atoms with Crippen LogP contribution < -0.4 is 16.4 Å². The highest BCUT2D eigenvalue weighted by Gasteiger charge is 2.12. The number of hydrogen-bond acceptors (Lipinski definition) is 5. The van der Waals surface area contributed by atoms with Gasteiger partial charge in [-0.2, -0.15) is 0 Å². The van der Waals surface area contributed by atoms with Crippen molar-refractivity contribution < 1.29 is 9.59 Å². The van der Waals surface area contributed by atoms with E-state index < -0.39 is 5.91 Å². The topological polar surface area (TPSA) is 87.5 Å². The van der Waals surface area contributed by atoms with E-state index >= 15 is 0 Å². The highest BCUT2D eigenvalue weighted by Crippen LogP contribution is 2.13. The summed E-state index contributed by atoms with van der Waals surface area (Å²) in [6.07, 6.45) is 0.930. The van der Waals surface area contributed by atoms with Gasteiger partial charge in [0.1, 0.15) is 0 Å². The largest absolute Gasteiger partial charge is 0.366 e. The van der Waals surface area contributed by atoms with E-state index in [1.165, 1.54) is 11.3 Å². The standard InChI is InChI=1S/C13H20N4O2S/c14-12(18)10-8-11(20-9-10)13(19)16-2-1-5-17-6-3-15-4-7-17/h8-9,15H,1-7H2,(H2,14,18)(H,16,19). The van der Waals surface area contributed by atoms with Crippen LogP contribution >= 0.6 is 11.3 Å². The number of nitrogens with zero attached hydrogens (tertiary/aromatic N) is 1. The Morgan fingerprint density at radius 3 is 2.80 bits per heavy atom. The Bertz CT molecular complexity index is 469. The van der Waals surface area contributed by atoms with E-state index in [0.29, 0.717) is 17.0 Å². The molecule has 1 aromatic heterocycles. The van der Waals surface area contributed by atoms with Gasteiger partial charge in [-0.05, 0) is 19.0 Å². The Labute approximate surface area is 122 Å². The minimum absolute atomic E-state index is 0.136. The lowest BCUT2D eigenvalue weighted by molar-refractivity contribution is 0.0955. The van der Waals surface area contributed by atoms with Crippen LogP contribution in [0.4, 0.5) is 0 Å². The van der Waals surface area contributed by atoms with Crippen molar-refractivity contribution in [2.24, 2.45) is 5.73 Å². The van der Waals surface area contributed by atoms with Gasteiger partial charge in [-0.1, -0.05) is 0 Å². The third-order valence-corrected chi connectivity index (χ3v) is 4.18. The Morgan fingerprint density at radius 1 is 1.40 bits per heavy atom. The number of carbonyl (C=O) groups excluding carboxylic acids is 2. The van der Waals surface area contributed by atoms with E-state index in [0.717, 1.165) is 39.1 Å². The van der Waals surface area contributed by atoms with Crippen molar-refractivity contribution in [3.05, 3.63) is 21.9 Å². The molecule has 1 aromatic rings. The molecule has 20 heavy (non-hydrogen) atoms. The highest BCUT2D eigenvalue weighted by molar-refractivity contribution is 7.12. The van der Waals surface area contributed by atoms with Gasteiger partial charge >= 0.3 is 0 Å². The molecule has 0 aromatic carbocycles. The molecule has 4 N–H and O–H groups in total. The third-order valence-electron chi connectivity index (χ3n) is 3.25. The molecule has 6 nitrogen and oxygen atoms in total.